The fraction of sp³-hybridized carbons (Fsp3) is 0.0536. The molecule has 0 saturated heterocycles. The van der Waals surface area contributed by atoms with Crippen LogP contribution in [0.2, 0.25) is 0 Å². The van der Waals surface area contributed by atoms with Gasteiger partial charge in [-0.15, -0.1) is 11.3 Å². The van der Waals surface area contributed by atoms with Crippen LogP contribution in [0.3, 0.4) is 0 Å². The lowest BCUT2D eigenvalue weighted by atomic mass is 9.93. The molecule has 0 spiro atoms. The maximum absolute atomic E-state index is 6.59. The zero-order chi connectivity index (χ0) is 40.4. The van der Waals surface area contributed by atoms with Crippen LogP contribution in [0, 0.1) is 5.92 Å². The van der Waals surface area contributed by atoms with Gasteiger partial charge in [-0.2, -0.15) is 0 Å². The van der Waals surface area contributed by atoms with E-state index in [2.05, 4.69) is 183 Å². The molecule has 7 aromatic carbocycles. The molecule has 11 aromatic rings. The van der Waals surface area contributed by atoms with Crippen molar-refractivity contribution in [3.63, 3.8) is 0 Å². The third-order valence-electron chi connectivity index (χ3n) is 12.0. The molecule has 1 aliphatic carbocycles. The number of hydrogen-bond acceptors (Lipinski definition) is 5. The number of para-hydroxylation sites is 1. The van der Waals surface area contributed by atoms with Crippen molar-refractivity contribution in [1.29, 1.82) is 0 Å². The Bertz CT molecular complexity index is 3470. The van der Waals surface area contributed by atoms with E-state index in [4.69, 9.17) is 19.4 Å². The second-order valence-electron chi connectivity index (χ2n) is 16.0. The number of thiophene rings is 1. The highest BCUT2D eigenvalue weighted by atomic mass is 32.1. The second-order valence-corrected chi connectivity index (χ2v) is 17.1. The van der Waals surface area contributed by atoms with Gasteiger partial charge in [0, 0.05) is 66.0 Å². The lowest BCUT2D eigenvalue weighted by molar-refractivity contribution is 0.514. The van der Waals surface area contributed by atoms with Gasteiger partial charge in [0.15, 0.2) is 5.82 Å². The van der Waals surface area contributed by atoms with Gasteiger partial charge in [-0.1, -0.05) is 165 Å². The van der Waals surface area contributed by atoms with E-state index >= 15 is 0 Å². The second kappa shape index (κ2) is 14.4. The minimum Gasteiger partial charge on any atom is -0.460 e. The summed E-state index contributed by atoms with van der Waals surface area (Å²) in [4.78, 5) is 15.8. The summed E-state index contributed by atoms with van der Waals surface area (Å²) >= 11 is 1.80. The summed E-state index contributed by atoms with van der Waals surface area (Å²) in [6, 6.07) is 62.1. The lowest BCUT2D eigenvalue weighted by Gasteiger charge is -2.12. The van der Waals surface area contributed by atoms with Crippen molar-refractivity contribution in [2.75, 3.05) is 0 Å². The molecule has 4 nitrogen and oxygen atoms in total. The van der Waals surface area contributed by atoms with Crippen LogP contribution in [0.5, 0.6) is 0 Å². The molecule has 0 bridgehead atoms. The van der Waals surface area contributed by atoms with Crippen molar-refractivity contribution in [3.8, 4) is 67.4 Å². The molecule has 1 aliphatic rings. The Balaban J connectivity index is 1.00. The molecule has 288 valence electrons. The zero-order valence-corrected chi connectivity index (χ0v) is 34.2. The van der Waals surface area contributed by atoms with E-state index in [1.807, 2.05) is 12.1 Å². The first kappa shape index (κ1) is 35.5. The molecule has 5 heteroatoms. The average molecular weight is 800 g/mol. The molecule has 0 aliphatic heterocycles. The molecule has 1 atom stereocenters. The van der Waals surface area contributed by atoms with Gasteiger partial charge in [0.1, 0.15) is 11.3 Å². The summed E-state index contributed by atoms with van der Waals surface area (Å²) in [5, 5.41) is 4.79. The van der Waals surface area contributed by atoms with E-state index < -0.39 is 0 Å². The van der Waals surface area contributed by atoms with Crippen molar-refractivity contribution in [2.24, 2.45) is 5.92 Å². The highest BCUT2D eigenvalue weighted by molar-refractivity contribution is 7.26. The highest BCUT2D eigenvalue weighted by Crippen LogP contribution is 2.45. The van der Waals surface area contributed by atoms with Gasteiger partial charge < -0.3 is 4.42 Å². The van der Waals surface area contributed by atoms with Gasteiger partial charge in [-0.3, -0.25) is 0 Å². The maximum atomic E-state index is 6.59. The van der Waals surface area contributed by atoms with Crippen molar-refractivity contribution >= 4 is 59.5 Å². The van der Waals surface area contributed by atoms with Crippen LogP contribution >= 0.6 is 11.3 Å². The quantitative estimate of drug-likeness (QED) is 0.168. The molecule has 4 aromatic heterocycles. The molecule has 0 N–H and O–H groups in total. The molecule has 1 unspecified atom stereocenters. The van der Waals surface area contributed by atoms with Crippen LogP contribution in [-0.2, 0) is 6.42 Å². The molecule has 12 rings (SSSR count). The number of allylic oxidation sites excluding steroid dienone is 1. The first-order chi connectivity index (χ1) is 30.1. The Kier molecular flexibility index (Phi) is 8.36. The third-order valence-corrected chi connectivity index (χ3v) is 13.2. The minimum atomic E-state index is 0.471. The average Bonchev–Trinajstić information content (AvgIpc) is 3.90. The summed E-state index contributed by atoms with van der Waals surface area (Å²) in [7, 11) is 0. The van der Waals surface area contributed by atoms with Crippen LogP contribution in [0.15, 0.2) is 186 Å². The molecule has 0 fully saturated rings. The molecule has 0 radical (unpaired) electrons. The van der Waals surface area contributed by atoms with Gasteiger partial charge in [-0.25, -0.2) is 15.0 Å². The first-order valence-electron chi connectivity index (χ1n) is 20.8. The van der Waals surface area contributed by atoms with Gasteiger partial charge in [-0.05, 0) is 52.9 Å². The Morgan fingerprint density at radius 1 is 0.525 bits per heavy atom. The topological polar surface area (TPSA) is 51.8 Å². The van der Waals surface area contributed by atoms with Crippen LogP contribution < -0.4 is 0 Å². The van der Waals surface area contributed by atoms with Crippen LogP contribution in [0.1, 0.15) is 18.2 Å². The molecule has 0 saturated carbocycles. The van der Waals surface area contributed by atoms with Gasteiger partial charge >= 0.3 is 0 Å². The molecule has 0 amide bonds. The fourth-order valence-electron chi connectivity index (χ4n) is 8.99. The summed E-state index contributed by atoms with van der Waals surface area (Å²) in [5.41, 5.74) is 14.4. The Labute approximate surface area is 357 Å². The zero-order valence-electron chi connectivity index (χ0n) is 33.3. The van der Waals surface area contributed by atoms with E-state index in [1.54, 1.807) is 11.3 Å². The summed E-state index contributed by atoms with van der Waals surface area (Å²) < 4.78 is 9.01. The van der Waals surface area contributed by atoms with E-state index in [9.17, 15) is 0 Å². The predicted octanol–water partition coefficient (Wildman–Crippen LogP) is 15.3. The fourth-order valence-corrected chi connectivity index (χ4v) is 10.2. The normalized spacial score (nSPS) is 13.7. The van der Waals surface area contributed by atoms with Crippen molar-refractivity contribution in [2.45, 2.75) is 13.3 Å². The van der Waals surface area contributed by atoms with Crippen molar-refractivity contribution in [3.05, 3.63) is 193 Å². The largest absolute Gasteiger partial charge is 0.460 e. The Morgan fingerprint density at radius 3 is 1.97 bits per heavy atom. The SMILES string of the molecule is CC1C=Cc2c(oc3c(-c4cccc(-c5ccc6c(c5)nc(-c5cccc(-c7nc(-c8ccccc8)cc(-c8ccccc8)n7)c5)c5sc7ccccc7c56)c4)cccc23)C1. The first-order valence-corrected chi connectivity index (χ1v) is 21.6. The number of furan rings is 1. The van der Waals surface area contributed by atoms with Crippen molar-refractivity contribution in [1.82, 2.24) is 15.0 Å². The van der Waals surface area contributed by atoms with Crippen LogP contribution in [0.25, 0.3) is 116 Å². The number of fused-ring (bicyclic) bond motifs is 8. The third kappa shape index (κ3) is 6.16. The highest BCUT2D eigenvalue weighted by Gasteiger charge is 2.21. The summed E-state index contributed by atoms with van der Waals surface area (Å²) in [6.45, 7) is 2.24. The number of nitrogens with zero attached hydrogens (tertiary/aromatic N) is 3. The maximum Gasteiger partial charge on any atom is 0.160 e. The number of aromatic nitrogens is 3. The smallest absolute Gasteiger partial charge is 0.160 e. The molecular formula is C56H37N3OS. The lowest BCUT2D eigenvalue weighted by Crippen LogP contribution is -2.00. The van der Waals surface area contributed by atoms with Gasteiger partial charge in [0.25, 0.3) is 0 Å². The molecular weight excluding hydrogens is 763 g/mol. The molecule has 61 heavy (non-hydrogen) atoms. The van der Waals surface area contributed by atoms with Crippen LogP contribution in [-0.4, -0.2) is 15.0 Å². The Morgan fingerprint density at radius 2 is 1.16 bits per heavy atom. The Hall–Kier alpha value is -7.47. The minimum absolute atomic E-state index is 0.471. The van der Waals surface area contributed by atoms with E-state index in [0.29, 0.717) is 11.7 Å². The molecule has 4 heterocycles. The van der Waals surface area contributed by atoms with E-state index in [0.717, 1.165) is 90.3 Å². The van der Waals surface area contributed by atoms with Crippen LogP contribution in [0.4, 0.5) is 0 Å². The number of pyridine rings is 1. The summed E-state index contributed by atoms with van der Waals surface area (Å²) in [5.74, 6) is 2.22. The van der Waals surface area contributed by atoms with Crippen molar-refractivity contribution < 1.29 is 4.42 Å². The predicted molar refractivity (Wildman–Crippen MR) is 255 cm³/mol. The number of benzene rings is 7. The summed E-state index contributed by atoms with van der Waals surface area (Å²) in [6.07, 6.45) is 5.44. The van der Waals surface area contributed by atoms with Gasteiger partial charge in [0.2, 0.25) is 0 Å². The standard InChI is InChI=1S/C56H37N3OS/c1-34-25-27-43-44-23-12-22-42(54(44)60-50(43)29-34)39-18-10-17-37(30-39)38-26-28-45-49(32-38)57-53(55-52(45)46-21-8-9-24-51(46)61-55)40-19-11-20-41(31-40)56-58-47(35-13-4-2-5-14-35)33-48(59-56)36-15-6-3-7-16-36/h2-28,30-34H,29H2,1H3. The van der Waals surface area contributed by atoms with E-state index in [-0.39, 0.29) is 0 Å². The number of hydrogen-bond donors (Lipinski definition) is 0. The number of rotatable bonds is 6. The van der Waals surface area contributed by atoms with E-state index in [1.165, 1.54) is 31.1 Å². The monoisotopic (exact) mass is 799 g/mol. The van der Waals surface area contributed by atoms with Gasteiger partial charge in [0.05, 0.1) is 27.3 Å².